The van der Waals surface area contributed by atoms with Crippen molar-refractivity contribution in [2.24, 2.45) is 0 Å². The second-order valence-corrected chi connectivity index (χ2v) is 7.47. The molecule has 126 valence electrons. The molecule has 0 aliphatic carbocycles. The molecule has 2 N–H and O–H groups in total. The Morgan fingerprint density at radius 1 is 1.19 bits per heavy atom. The Morgan fingerprint density at radius 2 is 2.04 bits per heavy atom. The molecule has 2 aromatic carbocycles. The Labute approximate surface area is 156 Å². The molecule has 0 radical (unpaired) electrons. The first-order valence-corrected chi connectivity index (χ1v) is 9.19. The number of rotatable bonds is 5. The number of para-hydroxylation sites is 1. The number of anilines is 1. The molecule has 2 aromatic heterocycles. The zero-order valence-corrected chi connectivity index (χ0v) is 14.9. The summed E-state index contributed by atoms with van der Waals surface area (Å²) in [7, 11) is 0. The summed E-state index contributed by atoms with van der Waals surface area (Å²) in [5.41, 5.74) is 2.18. The Bertz CT molecular complexity index is 1060. The van der Waals surface area contributed by atoms with Crippen molar-refractivity contribution in [3.8, 4) is 6.07 Å². The van der Waals surface area contributed by atoms with Crippen LogP contribution in [0.15, 0.2) is 64.0 Å². The van der Waals surface area contributed by atoms with Gasteiger partial charge in [0.15, 0.2) is 4.34 Å². The van der Waals surface area contributed by atoms with Crippen LogP contribution in [0.25, 0.3) is 15.8 Å². The minimum Gasteiger partial charge on any atom is -0.360 e. The van der Waals surface area contributed by atoms with Gasteiger partial charge in [0, 0.05) is 16.8 Å². The van der Waals surface area contributed by atoms with E-state index in [0.717, 1.165) is 20.4 Å². The zero-order valence-electron chi connectivity index (χ0n) is 13.2. The summed E-state index contributed by atoms with van der Waals surface area (Å²) >= 11 is 3.31. The van der Waals surface area contributed by atoms with E-state index in [2.05, 4.69) is 37.0 Å². The fraction of sp³-hybridized carbons (Fsp3) is 0. The largest absolute Gasteiger partial charge is 0.360 e. The average Bonchev–Trinajstić information content (AvgIpc) is 3.33. The normalized spacial score (nSPS) is 11.4. The van der Waals surface area contributed by atoms with Crippen LogP contribution in [-0.2, 0) is 0 Å². The van der Waals surface area contributed by atoms with Gasteiger partial charge in [-0.15, -0.1) is 21.5 Å². The Morgan fingerprint density at radius 3 is 2.77 bits per heavy atom. The van der Waals surface area contributed by atoms with E-state index in [9.17, 15) is 0 Å². The van der Waals surface area contributed by atoms with Crippen LogP contribution in [0.4, 0.5) is 5.69 Å². The lowest BCUT2D eigenvalue weighted by Gasteiger charge is -2.03. The molecule has 9 heteroatoms. The van der Waals surface area contributed by atoms with Crippen LogP contribution in [-0.4, -0.2) is 25.6 Å². The Hall–Kier alpha value is -3.22. The molecule has 0 saturated carbocycles. The molecule has 2 heterocycles. The fourth-order valence-corrected chi connectivity index (χ4v) is 4.23. The standard InChI is InChI=1S/C17H11N7S2/c18-9-11(16-21-23-24-22-16)10-19-12-5-7-13(8-6-12)25-17-20-14-3-1-2-4-15(14)26-17/h1-8,10,19H,(H,21,22,23,24). The van der Waals surface area contributed by atoms with E-state index in [4.69, 9.17) is 5.26 Å². The van der Waals surface area contributed by atoms with Crippen LogP contribution >= 0.6 is 23.1 Å². The fourth-order valence-electron chi connectivity index (χ4n) is 2.19. The number of thiazole rings is 1. The molecule has 0 aliphatic heterocycles. The highest BCUT2D eigenvalue weighted by molar-refractivity contribution is 8.01. The molecular formula is C17H11N7S2. The van der Waals surface area contributed by atoms with Crippen molar-refractivity contribution in [3.05, 3.63) is 60.6 Å². The monoisotopic (exact) mass is 377 g/mol. The van der Waals surface area contributed by atoms with Crippen LogP contribution in [0.3, 0.4) is 0 Å². The van der Waals surface area contributed by atoms with Gasteiger partial charge in [0.25, 0.3) is 0 Å². The second kappa shape index (κ2) is 7.35. The molecule has 0 bridgehead atoms. The van der Waals surface area contributed by atoms with Gasteiger partial charge >= 0.3 is 0 Å². The van der Waals surface area contributed by atoms with Crippen LogP contribution < -0.4 is 5.32 Å². The number of aromatic amines is 1. The van der Waals surface area contributed by atoms with Crippen molar-refractivity contribution < 1.29 is 0 Å². The molecule has 26 heavy (non-hydrogen) atoms. The number of benzene rings is 2. The van der Waals surface area contributed by atoms with Gasteiger partial charge in [0.05, 0.1) is 10.2 Å². The molecule has 0 unspecified atom stereocenters. The van der Waals surface area contributed by atoms with Gasteiger partial charge in [-0.3, -0.25) is 0 Å². The molecule has 0 atom stereocenters. The molecule has 4 aromatic rings. The third kappa shape index (κ3) is 3.56. The quantitative estimate of drug-likeness (QED) is 0.508. The Balaban J connectivity index is 1.46. The summed E-state index contributed by atoms with van der Waals surface area (Å²) in [5, 5.41) is 25.6. The lowest BCUT2D eigenvalue weighted by atomic mass is 10.3. The van der Waals surface area contributed by atoms with E-state index < -0.39 is 0 Å². The number of tetrazole rings is 1. The predicted octanol–water partition coefficient (Wildman–Crippen LogP) is 3.94. The average molecular weight is 377 g/mol. The molecule has 0 saturated heterocycles. The minimum atomic E-state index is 0.253. The van der Waals surface area contributed by atoms with Crippen molar-refractivity contribution in [2.45, 2.75) is 9.24 Å². The highest BCUT2D eigenvalue weighted by Gasteiger charge is 2.06. The summed E-state index contributed by atoms with van der Waals surface area (Å²) in [4.78, 5) is 5.72. The minimum absolute atomic E-state index is 0.253. The van der Waals surface area contributed by atoms with Gasteiger partial charge < -0.3 is 5.32 Å². The van der Waals surface area contributed by atoms with Gasteiger partial charge in [-0.25, -0.2) is 4.98 Å². The number of hydrogen-bond acceptors (Lipinski definition) is 8. The smallest absolute Gasteiger partial charge is 0.216 e. The van der Waals surface area contributed by atoms with Crippen LogP contribution in [0.1, 0.15) is 5.82 Å². The summed E-state index contributed by atoms with van der Waals surface area (Å²) in [5.74, 6) is 0.253. The Kier molecular flexibility index (Phi) is 4.59. The molecule has 0 fully saturated rings. The summed E-state index contributed by atoms with van der Waals surface area (Å²) in [6, 6.07) is 18.0. The van der Waals surface area contributed by atoms with E-state index >= 15 is 0 Å². The van der Waals surface area contributed by atoms with E-state index in [1.54, 1.807) is 29.3 Å². The van der Waals surface area contributed by atoms with Crippen LogP contribution in [0.2, 0.25) is 0 Å². The second-order valence-electron chi connectivity index (χ2n) is 5.12. The molecular weight excluding hydrogens is 366 g/mol. The first kappa shape index (κ1) is 16.3. The van der Waals surface area contributed by atoms with Gasteiger partial charge in [0.2, 0.25) is 5.82 Å². The zero-order chi connectivity index (χ0) is 17.8. The number of H-pyrrole nitrogens is 1. The van der Waals surface area contributed by atoms with Gasteiger partial charge in [0.1, 0.15) is 11.6 Å². The number of nitriles is 1. The maximum Gasteiger partial charge on any atom is 0.216 e. The summed E-state index contributed by atoms with van der Waals surface area (Å²) < 4.78 is 2.19. The van der Waals surface area contributed by atoms with Gasteiger partial charge in [-0.05, 0) is 41.6 Å². The van der Waals surface area contributed by atoms with Crippen molar-refractivity contribution in [1.29, 1.82) is 5.26 Å². The number of fused-ring (bicyclic) bond motifs is 1. The van der Waals surface area contributed by atoms with E-state index in [1.165, 1.54) is 4.70 Å². The molecule has 7 nitrogen and oxygen atoms in total. The first-order chi connectivity index (χ1) is 12.8. The van der Waals surface area contributed by atoms with Gasteiger partial charge in [-0.2, -0.15) is 10.5 Å². The SMILES string of the molecule is N#CC(=CNc1ccc(Sc2nc3ccccc3s2)cc1)c1nn[nH]n1. The number of nitrogens with zero attached hydrogens (tertiary/aromatic N) is 5. The molecule has 4 rings (SSSR count). The molecule has 0 amide bonds. The predicted molar refractivity (Wildman–Crippen MR) is 102 cm³/mol. The van der Waals surface area contributed by atoms with Crippen molar-refractivity contribution >= 4 is 44.6 Å². The van der Waals surface area contributed by atoms with Gasteiger partial charge in [-0.1, -0.05) is 23.9 Å². The molecule has 0 aliphatic rings. The van der Waals surface area contributed by atoms with Crippen LogP contribution in [0, 0.1) is 11.3 Å². The maximum absolute atomic E-state index is 9.15. The summed E-state index contributed by atoms with van der Waals surface area (Å²) in [6.45, 7) is 0. The molecule has 0 spiro atoms. The van der Waals surface area contributed by atoms with Crippen molar-refractivity contribution in [2.75, 3.05) is 5.32 Å². The topological polar surface area (TPSA) is 103 Å². The third-order valence-corrected chi connectivity index (χ3v) is 5.53. The maximum atomic E-state index is 9.15. The van der Waals surface area contributed by atoms with E-state index in [0.29, 0.717) is 5.57 Å². The number of aromatic nitrogens is 5. The summed E-state index contributed by atoms with van der Waals surface area (Å²) in [6.07, 6.45) is 1.56. The number of hydrogen-bond donors (Lipinski definition) is 2. The number of allylic oxidation sites excluding steroid dienone is 1. The lowest BCUT2D eigenvalue weighted by molar-refractivity contribution is 0.881. The lowest BCUT2D eigenvalue weighted by Crippen LogP contribution is -1.92. The highest BCUT2D eigenvalue weighted by atomic mass is 32.2. The first-order valence-electron chi connectivity index (χ1n) is 7.56. The number of nitrogens with one attached hydrogen (secondary N) is 2. The van der Waals surface area contributed by atoms with E-state index in [1.807, 2.05) is 48.5 Å². The van der Waals surface area contributed by atoms with Crippen LogP contribution in [0.5, 0.6) is 0 Å². The third-order valence-electron chi connectivity index (χ3n) is 3.42. The highest BCUT2D eigenvalue weighted by Crippen LogP contribution is 2.34. The van der Waals surface area contributed by atoms with Crippen molar-refractivity contribution in [1.82, 2.24) is 25.6 Å². The van der Waals surface area contributed by atoms with E-state index in [-0.39, 0.29) is 5.82 Å². The van der Waals surface area contributed by atoms with Crippen molar-refractivity contribution in [3.63, 3.8) is 0 Å².